The molecule has 0 radical (unpaired) electrons. The third-order valence-corrected chi connectivity index (χ3v) is 3.76. The normalized spacial score (nSPS) is 10.3. The highest BCUT2D eigenvalue weighted by Crippen LogP contribution is 2.18. The number of carbonyl (C=O) groups excluding carboxylic acids is 1. The molecular weight excluding hydrogens is 319 g/mol. The van der Waals surface area contributed by atoms with Crippen LogP contribution in [0.5, 0.6) is 0 Å². The molecule has 6 heteroatoms. The van der Waals surface area contributed by atoms with E-state index in [9.17, 15) is 9.18 Å². The van der Waals surface area contributed by atoms with E-state index in [0.29, 0.717) is 13.0 Å². The summed E-state index contributed by atoms with van der Waals surface area (Å²) in [7, 11) is 0. The van der Waals surface area contributed by atoms with Gasteiger partial charge in [-0.15, -0.1) is 11.3 Å². The molecule has 0 aliphatic rings. The second kappa shape index (κ2) is 6.06. The van der Waals surface area contributed by atoms with Crippen LogP contribution in [-0.2, 0) is 6.42 Å². The molecule has 0 saturated carbocycles. The number of thiazole rings is 1. The number of hydrogen-bond acceptors (Lipinski definition) is 3. The van der Waals surface area contributed by atoms with Gasteiger partial charge in [0.1, 0.15) is 5.82 Å². The Hall–Kier alpha value is -1.27. The molecule has 1 aromatic carbocycles. The molecule has 0 saturated heterocycles. The van der Waals surface area contributed by atoms with Gasteiger partial charge in [0, 0.05) is 24.5 Å². The van der Waals surface area contributed by atoms with Gasteiger partial charge in [0.05, 0.1) is 15.0 Å². The second-order valence-corrected chi connectivity index (χ2v) is 5.37. The molecule has 2 rings (SSSR count). The van der Waals surface area contributed by atoms with Crippen molar-refractivity contribution < 1.29 is 9.18 Å². The fourth-order valence-electron chi connectivity index (χ4n) is 1.43. The summed E-state index contributed by atoms with van der Waals surface area (Å²) in [6.07, 6.45) is 2.37. The summed E-state index contributed by atoms with van der Waals surface area (Å²) in [4.78, 5) is 15.9. The Morgan fingerprint density at radius 2 is 2.33 bits per heavy atom. The number of rotatable bonds is 4. The number of nitrogens with one attached hydrogen (secondary N) is 1. The highest BCUT2D eigenvalue weighted by molar-refractivity contribution is 9.10. The minimum atomic E-state index is -0.538. The molecular formula is C12H10BrFN2OS. The topological polar surface area (TPSA) is 42.0 Å². The van der Waals surface area contributed by atoms with Crippen molar-refractivity contribution in [2.75, 3.05) is 6.54 Å². The van der Waals surface area contributed by atoms with Gasteiger partial charge in [0.25, 0.3) is 5.91 Å². The third-order valence-electron chi connectivity index (χ3n) is 2.30. The third kappa shape index (κ3) is 3.14. The average molecular weight is 329 g/mol. The molecule has 0 aliphatic carbocycles. The van der Waals surface area contributed by atoms with Crippen LogP contribution in [0.25, 0.3) is 0 Å². The second-order valence-electron chi connectivity index (χ2n) is 3.53. The Kier molecular flexibility index (Phi) is 4.43. The van der Waals surface area contributed by atoms with Crippen molar-refractivity contribution in [2.45, 2.75) is 6.42 Å². The van der Waals surface area contributed by atoms with Gasteiger partial charge in [0.15, 0.2) is 0 Å². The maximum absolute atomic E-state index is 13.6. The SMILES string of the molecule is O=C(NCCc1nccs1)c1cccc(Br)c1F. The summed E-state index contributed by atoms with van der Waals surface area (Å²) in [6.45, 7) is 0.443. The van der Waals surface area contributed by atoms with Crippen LogP contribution >= 0.6 is 27.3 Å². The van der Waals surface area contributed by atoms with E-state index >= 15 is 0 Å². The minimum absolute atomic E-state index is 0.0449. The van der Waals surface area contributed by atoms with E-state index in [1.807, 2.05) is 5.38 Å². The van der Waals surface area contributed by atoms with Gasteiger partial charge in [-0.3, -0.25) is 4.79 Å². The van der Waals surface area contributed by atoms with E-state index in [1.54, 1.807) is 18.3 Å². The molecule has 0 aliphatic heterocycles. The van der Waals surface area contributed by atoms with Crippen LogP contribution in [0.3, 0.4) is 0 Å². The summed E-state index contributed by atoms with van der Waals surface area (Å²) in [5, 5.41) is 5.50. The first-order chi connectivity index (χ1) is 8.68. The van der Waals surface area contributed by atoms with Gasteiger partial charge in [-0.25, -0.2) is 9.37 Å². The first-order valence-electron chi connectivity index (χ1n) is 5.29. The number of benzene rings is 1. The molecule has 1 heterocycles. The first-order valence-corrected chi connectivity index (χ1v) is 6.96. The Morgan fingerprint density at radius 1 is 1.50 bits per heavy atom. The smallest absolute Gasteiger partial charge is 0.254 e. The van der Waals surface area contributed by atoms with Crippen molar-refractivity contribution in [1.29, 1.82) is 0 Å². The summed E-state index contributed by atoms with van der Waals surface area (Å²) in [6, 6.07) is 4.64. The van der Waals surface area contributed by atoms with Gasteiger partial charge in [-0.1, -0.05) is 6.07 Å². The minimum Gasteiger partial charge on any atom is -0.352 e. The highest BCUT2D eigenvalue weighted by Gasteiger charge is 2.13. The largest absolute Gasteiger partial charge is 0.352 e. The lowest BCUT2D eigenvalue weighted by molar-refractivity contribution is 0.0950. The molecule has 2 aromatic rings. The lowest BCUT2D eigenvalue weighted by Gasteiger charge is -2.05. The standard InChI is InChI=1S/C12H10BrFN2OS/c13-9-3-1-2-8(11(9)14)12(17)16-5-4-10-15-6-7-18-10/h1-3,6-7H,4-5H2,(H,16,17). The van der Waals surface area contributed by atoms with Gasteiger partial charge < -0.3 is 5.32 Å². The van der Waals surface area contributed by atoms with Crippen LogP contribution < -0.4 is 5.32 Å². The van der Waals surface area contributed by atoms with Gasteiger partial charge in [-0.2, -0.15) is 0 Å². The molecule has 18 heavy (non-hydrogen) atoms. The van der Waals surface area contributed by atoms with Crippen molar-refractivity contribution >= 4 is 33.2 Å². The predicted molar refractivity (Wildman–Crippen MR) is 72.3 cm³/mol. The summed E-state index contributed by atoms with van der Waals surface area (Å²) in [5.41, 5.74) is 0.0449. The molecule has 0 unspecified atom stereocenters. The molecule has 1 N–H and O–H groups in total. The van der Waals surface area contributed by atoms with Crippen molar-refractivity contribution in [1.82, 2.24) is 10.3 Å². The quantitative estimate of drug-likeness (QED) is 0.937. The molecule has 1 aromatic heterocycles. The van der Waals surface area contributed by atoms with E-state index in [1.165, 1.54) is 17.4 Å². The van der Waals surface area contributed by atoms with Crippen LogP contribution in [0, 0.1) is 5.82 Å². The monoisotopic (exact) mass is 328 g/mol. The van der Waals surface area contributed by atoms with E-state index in [0.717, 1.165) is 5.01 Å². The lowest BCUT2D eigenvalue weighted by Crippen LogP contribution is -2.26. The van der Waals surface area contributed by atoms with Crippen molar-refractivity contribution in [3.05, 3.63) is 50.6 Å². The Labute approximate surface area is 116 Å². The zero-order valence-corrected chi connectivity index (χ0v) is 11.7. The van der Waals surface area contributed by atoms with Crippen LogP contribution in [-0.4, -0.2) is 17.4 Å². The zero-order valence-electron chi connectivity index (χ0n) is 9.32. The van der Waals surface area contributed by atoms with Crippen molar-refractivity contribution in [3.63, 3.8) is 0 Å². The van der Waals surface area contributed by atoms with E-state index < -0.39 is 11.7 Å². The number of aromatic nitrogens is 1. The predicted octanol–water partition coefficient (Wildman–Crippen LogP) is 3.02. The van der Waals surface area contributed by atoms with Gasteiger partial charge in [-0.05, 0) is 28.1 Å². The number of nitrogens with zero attached hydrogens (tertiary/aromatic N) is 1. The Balaban J connectivity index is 1.93. The molecule has 0 atom stereocenters. The van der Waals surface area contributed by atoms with Crippen LogP contribution in [0.2, 0.25) is 0 Å². The van der Waals surface area contributed by atoms with E-state index in [4.69, 9.17) is 0 Å². The van der Waals surface area contributed by atoms with Crippen molar-refractivity contribution in [2.24, 2.45) is 0 Å². The maximum Gasteiger partial charge on any atom is 0.254 e. The number of halogens is 2. The average Bonchev–Trinajstić information content (AvgIpc) is 2.85. The van der Waals surface area contributed by atoms with E-state index in [2.05, 4.69) is 26.2 Å². The number of hydrogen-bond donors (Lipinski definition) is 1. The Morgan fingerprint density at radius 3 is 3.06 bits per heavy atom. The van der Waals surface area contributed by atoms with Gasteiger partial charge in [0.2, 0.25) is 0 Å². The molecule has 0 spiro atoms. The summed E-state index contributed by atoms with van der Waals surface area (Å²) >= 11 is 4.58. The van der Waals surface area contributed by atoms with Crippen molar-refractivity contribution in [3.8, 4) is 0 Å². The zero-order chi connectivity index (χ0) is 13.0. The number of amides is 1. The maximum atomic E-state index is 13.6. The fourth-order valence-corrected chi connectivity index (χ4v) is 2.42. The van der Waals surface area contributed by atoms with Crippen LogP contribution in [0.1, 0.15) is 15.4 Å². The molecule has 0 fully saturated rings. The summed E-state index contributed by atoms with van der Waals surface area (Å²) < 4.78 is 13.9. The van der Waals surface area contributed by atoms with E-state index in [-0.39, 0.29) is 10.0 Å². The van der Waals surface area contributed by atoms with Gasteiger partial charge >= 0.3 is 0 Å². The highest BCUT2D eigenvalue weighted by atomic mass is 79.9. The van der Waals surface area contributed by atoms with Crippen LogP contribution in [0.4, 0.5) is 4.39 Å². The Bertz CT molecular complexity index is 545. The molecule has 1 amide bonds. The fraction of sp³-hybridized carbons (Fsp3) is 0.167. The summed E-state index contributed by atoms with van der Waals surface area (Å²) in [5.74, 6) is -0.949. The number of carbonyl (C=O) groups is 1. The molecule has 3 nitrogen and oxygen atoms in total. The molecule has 0 bridgehead atoms. The lowest BCUT2D eigenvalue weighted by atomic mass is 10.2. The first kappa shape index (κ1) is 13.2. The molecule has 94 valence electrons. The van der Waals surface area contributed by atoms with Crippen LogP contribution in [0.15, 0.2) is 34.2 Å².